The molecule has 0 radical (unpaired) electrons. The average molecular weight is 340 g/mol. The van der Waals surface area contributed by atoms with Gasteiger partial charge in [-0.2, -0.15) is 0 Å². The number of nitrogens with zero attached hydrogens (tertiary/aromatic N) is 3. The van der Waals surface area contributed by atoms with Crippen LogP contribution in [0.3, 0.4) is 0 Å². The quantitative estimate of drug-likeness (QED) is 0.739. The number of benzene rings is 1. The maximum Gasteiger partial charge on any atom is 0.350 e. The standard InChI is InChI=1S/C18H20N4O3/c1-13(2)25-15-8-6-14(7-9-15)11-19-17(23)12-22-18(24)21-10-4-3-5-16(21)20-22/h3-10,13H,11-12H2,1-2H3,(H,19,23). The number of hydrogen-bond donors (Lipinski definition) is 1. The van der Waals surface area contributed by atoms with Crippen molar-refractivity contribution in [3.63, 3.8) is 0 Å². The minimum atomic E-state index is -0.332. The van der Waals surface area contributed by atoms with E-state index in [1.807, 2.05) is 38.1 Å². The first-order valence-electron chi connectivity index (χ1n) is 8.09. The molecule has 7 heteroatoms. The van der Waals surface area contributed by atoms with Crippen molar-refractivity contribution in [1.82, 2.24) is 19.5 Å². The van der Waals surface area contributed by atoms with Crippen LogP contribution in [0.1, 0.15) is 19.4 Å². The predicted molar refractivity (Wildman–Crippen MR) is 93.5 cm³/mol. The highest BCUT2D eigenvalue weighted by Gasteiger charge is 2.10. The third-order valence-electron chi connectivity index (χ3n) is 3.57. The van der Waals surface area contributed by atoms with E-state index < -0.39 is 0 Å². The van der Waals surface area contributed by atoms with Crippen LogP contribution >= 0.6 is 0 Å². The van der Waals surface area contributed by atoms with Gasteiger partial charge in [-0.15, -0.1) is 5.10 Å². The Morgan fingerprint density at radius 3 is 2.64 bits per heavy atom. The lowest BCUT2D eigenvalue weighted by molar-refractivity contribution is -0.122. The molecule has 0 saturated heterocycles. The lowest BCUT2D eigenvalue weighted by Crippen LogP contribution is -2.32. The molecule has 0 aliphatic heterocycles. The molecule has 0 unspecified atom stereocenters. The van der Waals surface area contributed by atoms with Crippen molar-refractivity contribution in [3.8, 4) is 5.75 Å². The van der Waals surface area contributed by atoms with Crippen LogP contribution < -0.4 is 15.7 Å². The predicted octanol–water partition coefficient (Wildman–Crippen LogP) is 1.60. The fourth-order valence-electron chi connectivity index (χ4n) is 2.42. The van der Waals surface area contributed by atoms with Crippen LogP contribution in [0.4, 0.5) is 0 Å². The first-order chi connectivity index (χ1) is 12.0. The van der Waals surface area contributed by atoms with Gasteiger partial charge in [-0.25, -0.2) is 9.48 Å². The van der Waals surface area contributed by atoms with Crippen molar-refractivity contribution in [2.45, 2.75) is 33.0 Å². The first-order valence-corrected chi connectivity index (χ1v) is 8.09. The minimum absolute atomic E-state index is 0.116. The van der Waals surface area contributed by atoms with Gasteiger partial charge in [0, 0.05) is 12.7 Å². The minimum Gasteiger partial charge on any atom is -0.491 e. The van der Waals surface area contributed by atoms with E-state index in [4.69, 9.17) is 4.74 Å². The summed E-state index contributed by atoms with van der Waals surface area (Å²) in [5, 5.41) is 6.93. The third-order valence-corrected chi connectivity index (χ3v) is 3.57. The number of aromatic nitrogens is 3. The van der Waals surface area contributed by atoms with Crippen LogP contribution in [0.5, 0.6) is 5.75 Å². The third kappa shape index (κ3) is 4.06. The number of carbonyl (C=O) groups is 1. The molecule has 1 amide bonds. The zero-order chi connectivity index (χ0) is 17.8. The molecule has 0 bridgehead atoms. The van der Waals surface area contributed by atoms with Crippen molar-refractivity contribution in [2.24, 2.45) is 0 Å². The SMILES string of the molecule is CC(C)Oc1ccc(CNC(=O)Cn2nc3ccccn3c2=O)cc1. The summed E-state index contributed by atoms with van der Waals surface area (Å²) in [6, 6.07) is 12.8. The largest absolute Gasteiger partial charge is 0.491 e. The van der Waals surface area contributed by atoms with Crippen LogP contribution in [0.15, 0.2) is 53.5 Å². The van der Waals surface area contributed by atoms with E-state index in [0.29, 0.717) is 12.2 Å². The molecule has 0 spiro atoms. The van der Waals surface area contributed by atoms with Gasteiger partial charge in [0.25, 0.3) is 0 Å². The van der Waals surface area contributed by atoms with Gasteiger partial charge in [-0.3, -0.25) is 9.20 Å². The van der Waals surface area contributed by atoms with E-state index in [2.05, 4.69) is 10.4 Å². The van der Waals surface area contributed by atoms with Crippen molar-refractivity contribution < 1.29 is 9.53 Å². The summed E-state index contributed by atoms with van der Waals surface area (Å²) in [5.41, 5.74) is 1.13. The summed E-state index contributed by atoms with van der Waals surface area (Å²) in [7, 11) is 0. The van der Waals surface area contributed by atoms with E-state index in [-0.39, 0.29) is 24.2 Å². The van der Waals surface area contributed by atoms with E-state index >= 15 is 0 Å². The maximum absolute atomic E-state index is 12.1. The number of hydrogen-bond acceptors (Lipinski definition) is 4. The number of nitrogens with one attached hydrogen (secondary N) is 1. The Hall–Kier alpha value is -3.09. The fourth-order valence-corrected chi connectivity index (χ4v) is 2.42. The molecule has 1 aromatic carbocycles. The van der Waals surface area contributed by atoms with Crippen LogP contribution in [0.2, 0.25) is 0 Å². The monoisotopic (exact) mass is 340 g/mol. The molecule has 2 aromatic heterocycles. The molecule has 3 aromatic rings. The van der Waals surface area contributed by atoms with E-state index in [1.165, 1.54) is 4.40 Å². The Bertz CT molecular complexity index is 925. The molecule has 2 heterocycles. The molecule has 0 aliphatic carbocycles. The molecular formula is C18H20N4O3. The van der Waals surface area contributed by atoms with Gasteiger partial charge >= 0.3 is 5.69 Å². The lowest BCUT2D eigenvalue weighted by atomic mass is 10.2. The Balaban J connectivity index is 1.59. The Labute approximate surface area is 144 Å². The maximum atomic E-state index is 12.1. The van der Waals surface area contributed by atoms with Gasteiger partial charge in [-0.1, -0.05) is 18.2 Å². The molecule has 1 N–H and O–H groups in total. The molecule has 0 saturated carbocycles. The van der Waals surface area contributed by atoms with Crippen molar-refractivity contribution in [1.29, 1.82) is 0 Å². The molecule has 0 atom stereocenters. The number of ether oxygens (including phenoxy) is 1. The molecule has 0 aliphatic rings. The summed E-state index contributed by atoms with van der Waals surface area (Å²) in [6.45, 7) is 4.20. The van der Waals surface area contributed by atoms with Gasteiger partial charge in [0.05, 0.1) is 6.10 Å². The molecule has 130 valence electrons. The van der Waals surface area contributed by atoms with Gasteiger partial charge in [-0.05, 0) is 43.7 Å². The summed E-state index contributed by atoms with van der Waals surface area (Å²) in [6.07, 6.45) is 1.74. The summed E-state index contributed by atoms with van der Waals surface area (Å²) >= 11 is 0. The Morgan fingerprint density at radius 2 is 1.96 bits per heavy atom. The van der Waals surface area contributed by atoms with Crippen molar-refractivity contribution >= 4 is 11.6 Å². The highest BCUT2D eigenvalue weighted by atomic mass is 16.5. The van der Waals surface area contributed by atoms with Gasteiger partial charge in [0.1, 0.15) is 12.3 Å². The molecule has 25 heavy (non-hydrogen) atoms. The first kappa shape index (κ1) is 16.8. The zero-order valence-electron chi connectivity index (χ0n) is 14.2. The molecule has 0 fully saturated rings. The summed E-state index contributed by atoms with van der Waals surface area (Å²) < 4.78 is 8.14. The van der Waals surface area contributed by atoms with Gasteiger partial charge in [0.2, 0.25) is 5.91 Å². The second-order valence-electron chi connectivity index (χ2n) is 5.96. The lowest BCUT2D eigenvalue weighted by Gasteiger charge is -2.10. The molecule has 7 nitrogen and oxygen atoms in total. The number of fused-ring (bicyclic) bond motifs is 1. The molecular weight excluding hydrogens is 320 g/mol. The van der Waals surface area contributed by atoms with E-state index in [0.717, 1.165) is 16.0 Å². The zero-order valence-corrected chi connectivity index (χ0v) is 14.2. The van der Waals surface area contributed by atoms with E-state index in [9.17, 15) is 9.59 Å². The van der Waals surface area contributed by atoms with Crippen molar-refractivity contribution in [2.75, 3.05) is 0 Å². The average Bonchev–Trinajstić information content (AvgIpc) is 2.90. The van der Waals surface area contributed by atoms with Crippen molar-refractivity contribution in [3.05, 3.63) is 64.7 Å². The van der Waals surface area contributed by atoms with Crippen LogP contribution in [-0.4, -0.2) is 26.2 Å². The summed E-state index contributed by atoms with van der Waals surface area (Å²) in [5.74, 6) is 0.523. The number of rotatable bonds is 6. The number of amides is 1. The van der Waals surface area contributed by atoms with Crippen LogP contribution in [0.25, 0.3) is 5.65 Å². The van der Waals surface area contributed by atoms with Crippen LogP contribution in [-0.2, 0) is 17.9 Å². The highest BCUT2D eigenvalue weighted by molar-refractivity contribution is 5.75. The Kier molecular flexibility index (Phi) is 4.83. The second-order valence-corrected chi connectivity index (χ2v) is 5.96. The van der Waals surface area contributed by atoms with Crippen LogP contribution in [0, 0.1) is 0 Å². The highest BCUT2D eigenvalue weighted by Crippen LogP contribution is 2.13. The Morgan fingerprint density at radius 1 is 1.20 bits per heavy atom. The second kappa shape index (κ2) is 7.21. The van der Waals surface area contributed by atoms with Gasteiger partial charge in [0.15, 0.2) is 5.65 Å². The molecule has 3 rings (SSSR count). The van der Waals surface area contributed by atoms with E-state index in [1.54, 1.807) is 24.4 Å². The number of carbonyl (C=O) groups excluding carboxylic acids is 1. The normalized spacial score (nSPS) is 11.0. The topological polar surface area (TPSA) is 77.6 Å². The number of pyridine rings is 1. The smallest absolute Gasteiger partial charge is 0.350 e. The summed E-state index contributed by atoms with van der Waals surface area (Å²) in [4.78, 5) is 24.2. The van der Waals surface area contributed by atoms with Gasteiger partial charge < -0.3 is 10.1 Å². The fraction of sp³-hybridized carbons (Fsp3) is 0.278.